The number of benzene rings is 6. The van der Waals surface area contributed by atoms with Crippen LogP contribution in [0.1, 0.15) is 38.8 Å². The molecule has 4 heteroatoms. The maximum Gasteiger partial charge on any atom is 3.00 e. The van der Waals surface area contributed by atoms with Gasteiger partial charge in [0, 0.05) is 37.9 Å². The van der Waals surface area contributed by atoms with E-state index in [1.807, 2.05) is 18.2 Å². The van der Waals surface area contributed by atoms with Crippen LogP contribution in [-0.2, 0) is 26.5 Å². The van der Waals surface area contributed by atoms with Crippen LogP contribution in [-0.4, -0.2) is 17.6 Å². The van der Waals surface area contributed by atoms with Crippen molar-refractivity contribution in [2.24, 2.45) is 5.41 Å². The van der Waals surface area contributed by atoms with Gasteiger partial charge in [0.05, 0.1) is 5.52 Å². The molecule has 0 saturated carbocycles. The van der Waals surface area contributed by atoms with Crippen LogP contribution in [0.15, 0.2) is 134 Å². The molecule has 1 aliphatic heterocycles. The van der Waals surface area contributed by atoms with Crippen molar-refractivity contribution < 1.29 is 27.0 Å². The molecule has 0 amide bonds. The van der Waals surface area contributed by atoms with Gasteiger partial charge >= 0.3 is 20.1 Å². The number of hydrogen-bond acceptors (Lipinski definition) is 1. The largest absolute Gasteiger partial charge is 3.00 e. The van der Waals surface area contributed by atoms with E-state index in [-0.39, 0.29) is 31.2 Å². The molecule has 2 nitrogen and oxygen atoms in total. The van der Waals surface area contributed by atoms with Crippen LogP contribution in [0.3, 0.4) is 0 Å². The minimum Gasteiger partial charge on any atom is -0.359 e. The van der Waals surface area contributed by atoms with E-state index in [4.69, 9.17) is 6.85 Å². The van der Waals surface area contributed by atoms with Gasteiger partial charge in [0.1, 0.15) is 0 Å². The summed E-state index contributed by atoms with van der Waals surface area (Å²) in [7, 11) is -1.39. The zero-order chi connectivity index (χ0) is 41.2. The van der Waals surface area contributed by atoms with Crippen molar-refractivity contribution in [2.75, 3.05) is 0 Å². The molecular formula is C50H45IrN2Si. The molecule has 0 bridgehead atoms. The summed E-state index contributed by atoms with van der Waals surface area (Å²) in [4.78, 5) is 4.21. The Morgan fingerprint density at radius 1 is 0.704 bits per heavy atom. The Morgan fingerprint density at radius 2 is 1.41 bits per heavy atom. The number of pyridine rings is 1. The minimum atomic E-state index is -2.42. The molecule has 8 aromatic rings. The summed E-state index contributed by atoms with van der Waals surface area (Å²) in [6.07, 6.45) is -0.550. The Balaban J connectivity index is 0.000000193. The zero-order valence-electron chi connectivity index (χ0n) is 36.4. The third kappa shape index (κ3) is 7.07. The van der Waals surface area contributed by atoms with Crippen molar-refractivity contribution in [2.45, 2.75) is 53.6 Å². The molecule has 0 N–H and O–H groups in total. The first-order valence-corrected chi connectivity index (χ1v) is 21.6. The molecule has 0 atom stereocenters. The summed E-state index contributed by atoms with van der Waals surface area (Å²) in [5.74, 6) is 0. The van der Waals surface area contributed by atoms with Gasteiger partial charge in [-0.05, 0) is 52.5 Å². The molecular weight excluding hydrogens is 849 g/mol. The number of nitrogens with zero attached hydrogens (tertiary/aromatic N) is 2. The van der Waals surface area contributed by atoms with Gasteiger partial charge in [0.15, 0.2) is 0 Å². The molecule has 54 heavy (non-hydrogen) atoms. The van der Waals surface area contributed by atoms with Gasteiger partial charge in [-0.1, -0.05) is 124 Å². The number of hydrogen-bond donors (Lipinski definition) is 0. The van der Waals surface area contributed by atoms with Crippen molar-refractivity contribution in [3.63, 3.8) is 0 Å². The van der Waals surface area contributed by atoms with Crippen molar-refractivity contribution in [3.8, 4) is 50.3 Å². The van der Waals surface area contributed by atoms with Gasteiger partial charge in [-0.15, -0.1) is 47.1 Å². The molecule has 0 radical (unpaired) electrons. The summed E-state index contributed by atoms with van der Waals surface area (Å²) >= 11 is 0. The Morgan fingerprint density at radius 3 is 2.09 bits per heavy atom. The first kappa shape index (κ1) is 31.5. The van der Waals surface area contributed by atoms with Crippen molar-refractivity contribution in [1.82, 2.24) is 9.55 Å². The number of fused-ring (bicyclic) bond motifs is 8. The number of aromatic nitrogens is 2. The van der Waals surface area contributed by atoms with Crippen molar-refractivity contribution in [3.05, 3.63) is 163 Å². The fourth-order valence-corrected chi connectivity index (χ4v) is 8.36. The third-order valence-corrected chi connectivity index (χ3v) is 11.8. The van der Waals surface area contributed by atoms with E-state index in [2.05, 4.69) is 144 Å². The molecule has 0 fully saturated rings. The molecule has 3 heterocycles. The summed E-state index contributed by atoms with van der Waals surface area (Å²) in [6.45, 7) is 9.99. The van der Waals surface area contributed by atoms with E-state index in [0.717, 1.165) is 11.1 Å². The molecule has 1 aliphatic rings. The van der Waals surface area contributed by atoms with Gasteiger partial charge in [0.25, 0.3) is 0 Å². The second-order valence-electron chi connectivity index (χ2n) is 15.7. The Hall–Kier alpha value is -4.86. The predicted molar refractivity (Wildman–Crippen MR) is 228 cm³/mol. The standard InChI is InChI=1S/C33H25NSi.C17H20N.Ir/c1-35(2,3)23-20-18-22(19-21-23)24-13-8-15-29-30-16-9-14-28-26-11-5-4-10-25(26)27-12-6-7-17-31(27)34(32(24)29)33(28)30;1-13-12-18-16(14-8-6-5-7-9-14)10-15(13)11-17(2,3)4;/h4-12,14-18,20-21H,1-3H3;5-8,10,12H,11H2,1-4H3;/q-2;-1;+3/i;1D3,11D2;. The summed E-state index contributed by atoms with van der Waals surface area (Å²) < 4.78 is 42.5. The Labute approximate surface area is 342 Å². The first-order valence-electron chi connectivity index (χ1n) is 20.6. The molecule has 0 unspecified atom stereocenters. The average Bonchev–Trinajstić information content (AvgIpc) is 3.48. The summed E-state index contributed by atoms with van der Waals surface area (Å²) in [5, 5.41) is 3.96. The summed E-state index contributed by atoms with van der Waals surface area (Å²) in [6, 6.07) is 54.3. The van der Waals surface area contributed by atoms with Crippen LogP contribution in [0.25, 0.3) is 72.1 Å². The fraction of sp³-hybridized carbons (Fsp3) is 0.180. The van der Waals surface area contributed by atoms with Crippen LogP contribution in [0.2, 0.25) is 19.6 Å². The van der Waals surface area contributed by atoms with Gasteiger partial charge in [-0.25, -0.2) is 11.1 Å². The van der Waals surface area contributed by atoms with Crippen LogP contribution in [0, 0.1) is 30.5 Å². The van der Waals surface area contributed by atoms with Crippen molar-refractivity contribution in [1.29, 1.82) is 0 Å². The summed E-state index contributed by atoms with van der Waals surface area (Å²) in [5.41, 5.74) is 11.5. The molecule has 268 valence electrons. The van der Waals surface area contributed by atoms with Crippen LogP contribution in [0.5, 0.6) is 0 Å². The Bertz CT molecular complexity index is 2810. The van der Waals surface area contributed by atoms with E-state index in [1.165, 1.54) is 61.1 Å². The number of rotatable bonds is 4. The predicted octanol–water partition coefficient (Wildman–Crippen LogP) is 12.7. The average molecular weight is 899 g/mol. The second-order valence-corrected chi connectivity index (χ2v) is 20.8. The zero-order valence-corrected chi connectivity index (χ0v) is 34.8. The van der Waals surface area contributed by atoms with Gasteiger partial charge in [-0.2, -0.15) is 36.4 Å². The molecule has 0 saturated heterocycles. The van der Waals surface area contributed by atoms with Crippen LogP contribution >= 0.6 is 0 Å². The second kappa shape index (κ2) is 14.8. The van der Waals surface area contributed by atoms with E-state index in [9.17, 15) is 0 Å². The van der Waals surface area contributed by atoms with Crippen molar-refractivity contribution >= 4 is 35.1 Å². The van der Waals surface area contributed by atoms with Crippen LogP contribution < -0.4 is 5.19 Å². The maximum absolute atomic E-state index is 8.48. The van der Waals surface area contributed by atoms with Gasteiger partial charge in [-0.3, -0.25) is 0 Å². The molecule has 2 aromatic heterocycles. The Kier molecular flexibility index (Phi) is 8.60. The number of aryl methyl sites for hydroxylation is 1. The topological polar surface area (TPSA) is 17.8 Å². The number of para-hydroxylation sites is 2. The molecule has 9 rings (SSSR count). The minimum absolute atomic E-state index is 0. The van der Waals surface area contributed by atoms with Crippen LogP contribution in [0.4, 0.5) is 0 Å². The van der Waals surface area contributed by atoms with E-state index >= 15 is 0 Å². The monoisotopic (exact) mass is 899 g/mol. The SMILES string of the molecule is C[Si](C)(C)c1c[c-]c(-c2[c-]ccc3c4cccc5c4n(c23)-c2ccccc2-c2ccccc2-5)cc1.[2H]C([2H])([2H])c1cnc(-c2[c-]cccc2)cc1C([2H])([2H])C(C)(C)C.[Ir+3]. The van der Waals surface area contributed by atoms with E-state index < -0.39 is 26.7 Å². The maximum atomic E-state index is 8.48. The molecule has 6 aromatic carbocycles. The molecule has 0 spiro atoms. The smallest absolute Gasteiger partial charge is 0.359 e. The third-order valence-electron chi connectivity index (χ3n) is 9.74. The van der Waals surface area contributed by atoms with Gasteiger partial charge in [0.2, 0.25) is 0 Å². The fourth-order valence-electron chi connectivity index (χ4n) is 7.28. The van der Waals surface area contributed by atoms with E-state index in [0.29, 0.717) is 11.3 Å². The molecule has 0 aliphatic carbocycles. The quantitative estimate of drug-likeness (QED) is 0.127. The van der Waals surface area contributed by atoms with Gasteiger partial charge < -0.3 is 9.55 Å². The van der Waals surface area contributed by atoms with E-state index in [1.54, 1.807) is 32.9 Å². The normalized spacial score (nSPS) is 13.8. The first-order chi connectivity index (χ1) is 27.5.